The van der Waals surface area contributed by atoms with Crippen LogP contribution < -0.4 is 0 Å². The zero-order chi connectivity index (χ0) is 12.7. The van der Waals surface area contributed by atoms with Crippen LogP contribution in [-0.2, 0) is 6.42 Å². The lowest BCUT2D eigenvalue weighted by atomic mass is 9.88. The molecule has 96 valence electrons. The molecule has 1 atom stereocenters. The number of alkyl halides is 1. The van der Waals surface area contributed by atoms with E-state index in [1.807, 2.05) is 18.2 Å². The van der Waals surface area contributed by atoms with Gasteiger partial charge in [-0.2, -0.15) is 0 Å². The van der Waals surface area contributed by atoms with Crippen molar-refractivity contribution >= 4 is 23.2 Å². The molecule has 1 aromatic rings. The van der Waals surface area contributed by atoms with E-state index in [2.05, 4.69) is 19.9 Å². The second kappa shape index (κ2) is 8.00. The van der Waals surface area contributed by atoms with Crippen LogP contribution in [0.4, 0.5) is 0 Å². The molecule has 1 aromatic carbocycles. The summed E-state index contributed by atoms with van der Waals surface area (Å²) in [6.45, 7) is 4.53. The van der Waals surface area contributed by atoms with Crippen LogP contribution in [-0.4, -0.2) is 5.88 Å². The van der Waals surface area contributed by atoms with Gasteiger partial charge in [-0.05, 0) is 42.4 Å². The van der Waals surface area contributed by atoms with Gasteiger partial charge in [0.15, 0.2) is 0 Å². The van der Waals surface area contributed by atoms with Gasteiger partial charge in [0.1, 0.15) is 0 Å². The minimum atomic E-state index is 0.569. The van der Waals surface area contributed by atoms with E-state index in [0.29, 0.717) is 5.92 Å². The van der Waals surface area contributed by atoms with Gasteiger partial charge < -0.3 is 0 Å². The number of hydrogen-bond acceptors (Lipinski definition) is 0. The van der Waals surface area contributed by atoms with Gasteiger partial charge in [0.05, 0.1) is 0 Å². The number of halogens is 2. The van der Waals surface area contributed by atoms with Gasteiger partial charge in [-0.1, -0.05) is 50.4 Å². The minimum absolute atomic E-state index is 0.569. The highest BCUT2D eigenvalue weighted by atomic mass is 35.5. The second-order valence-electron chi connectivity index (χ2n) is 4.77. The molecule has 0 saturated heterocycles. The molecule has 1 rings (SSSR count). The quantitative estimate of drug-likeness (QED) is 0.570. The molecule has 0 aliphatic carbocycles. The molecule has 0 bridgehead atoms. The van der Waals surface area contributed by atoms with Crippen molar-refractivity contribution in [2.24, 2.45) is 11.8 Å². The van der Waals surface area contributed by atoms with E-state index in [-0.39, 0.29) is 0 Å². The van der Waals surface area contributed by atoms with Gasteiger partial charge in [-0.3, -0.25) is 0 Å². The highest BCUT2D eigenvalue weighted by Gasteiger charge is 2.14. The fourth-order valence-corrected chi connectivity index (χ4v) is 2.74. The molecular weight excluding hydrogens is 251 g/mol. The molecule has 0 aliphatic rings. The van der Waals surface area contributed by atoms with Crippen molar-refractivity contribution in [3.8, 4) is 0 Å². The van der Waals surface area contributed by atoms with Crippen LogP contribution in [0.3, 0.4) is 0 Å². The molecular formula is C15H22Cl2. The van der Waals surface area contributed by atoms with Crippen molar-refractivity contribution in [1.82, 2.24) is 0 Å². The molecule has 0 fully saturated rings. The SMILES string of the molecule is CCC(CC)CC(CCl)Cc1cccc(Cl)c1. The van der Waals surface area contributed by atoms with Crippen LogP contribution in [0.5, 0.6) is 0 Å². The summed E-state index contributed by atoms with van der Waals surface area (Å²) in [5.41, 5.74) is 1.30. The largest absolute Gasteiger partial charge is 0.126 e. The molecule has 0 aromatic heterocycles. The van der Waals surface area contributed by atoms with Crippen LogP contribution >= 0.6 is 23.2 Å². The maximum absolute atomic E-state index is 6.08. The third-order valence-corrected chi connectivity index (χ3v) is 4.12. The molecule has 2 heteroatoms. The number of hydrogen-bond donors (Lipinski definition) is 0. The molecule has 0 heterocycles. The van der Waals surface area contributed by atoms with Crippen molar-refractivity contribution in [3.05, 3.63) is 34.9 Å². The van der Waals surface area contributed by atoms with Gasteiger partial charge in [0.2, 0.25) is 0 Å². The molecule has 0 saturated carbocycles. The Hall–Kier alpha value is -0.200. The summed E-state index contributed by atoms with van der Waals surface area (Å²) >= 11 is 12.1. The lowest BCUT2D eigenvalue weighted by Gasteiger charge is -2.20. The highest BCUT2D eigenvalue weighted by molar-refractivity contribution is 6.30. The predicted octanol–water partition coefficient (Wildman–Crippen LogP) is 5.56. The summed E-state index contributed by atoms with van der Waals surface area (Å²) < 4.78 is 0. The average molecular weight is 273 g/mol. The van der Waals surface area contributed by atoms with E-state index in [1.165, 1.54) is 24.8 Å². The van der Waals surface area contributed by atoms with Gasteiger partial charge in [0, 0.05) is 10.9 Å². The Morgan fingerprint density at radius 2 is 1.82 bits per heavy atom. The molecule has 0 radical (unpaired) electrons. The van der Waals surface area contributed by atoms with Crippen molar-refractivity contribution in [2.45, 2.75) is 39.5 Å². The summed E-state index contributed by atoms with van der Waals surface area (Å²) in [5, 5.41) is 0.818. The number of benzene rings is 1. The van der Waals surface area contributed by atoms with Gasteiger partial charge in [0.25, 0.3) is 0 Å². The van der Waals surface area contributed by atoms with Gasteiger partial charge in [-0.15, -0.1) is 11.6 Å². The van der Waals surface area contributed by atoms with Crippen LogP contribution in [0.2, 0.25) is 5.02 Å². The highest BCUT2D eigenvalue weighted by Crippen LogP contribution is 2.24. The fraction of sp³-hybridized carbons (Fsp3) is 0.600. The number of rotatable bonds is 7. The third-order valence-electron chi connectivity index (χ3n) is 3.45. The normalized spacial score (nSPS) is 13.0. The van der Waals surface area contributed by atoms with Crippen LogP contribution in [0.1, 0.15) is 38.7 Å². The summed E-state index contributed by atoms with van der Waals surface area (Å²) in [4.78, 5) is 0. The van der Waals surface area contributed by atoms with Crippen molar-refractivity contribution < 1.29 is 0 Å². The summed E-state index contributed by atoms with van der Waals surface area (Å²) in [5.74, 6) is 2.11. The van der Waals surface area contributed by atoms with Crippen LogP contribution in [0.25, 0.3) is 0 Å². The zero-order valence-corrected chi connectivity index (χ0v) is 12.3. The predicted molar refractivity (Wildman–Crippen MR) is 78.1 cm³/mol. The van der Waals surface area contributed by atoms with E-state index < -0.39 is 0 Å². The van der Waals surface area contributed by atoms with E-state index in [4.69, 9.17) is 23.2 Å². The Morgan fingerprint density at radius 1 is 1.12 bits per heavy atom. The maximum Gasteiger partial charge on any atom is 0.0408 e. The monoisotopic (exact) mass is 272 g/mol. The van der Waals surface area contributed by atoms with Crippen molar-refractivity contribution in [3.63, 3.8) is 0 Å². The lowest BCUT2D eigenvalue weighted by molar-refractivity contribution is 0.372. The Kier molecular flexibility index (Phi) is 6.99. The Bertz CT molecular complexity index is 318. The first kappa shape index (κ1) is 14.9. The van der Waals surface area contributed by atoms with Crippen LogP contribution in [0, 0.1) is 11.8 Å². The maximum atomic E-state index is 6.08. The summed E-state index contributed by atoms with van der Waals surface area (Å²) in [6, 6.07) is 8.12. The molecule has 0 aliphatic heterocycles. The molecule has 17 heavy (non-hydrogen) atoms. The third kappa shape index (κ3) is 5.31. The van der Waals surface area contributed by atoms with E-state index in [0.717, 1.165) is 23.2 Å². The summed E-state index contributed by atoms with van der Waals surface area (Å²) in [6.07, 6.45) is 4.77. The van der Waals surface area contributed by atoms with Crippen molar-refractivity contribution in [2.75, 3.05) is 5.88 Å². The standard InChI is InChI=1S/C15H22Cl2/c1-3-12(4-2)8-14(11-16)9-13-6-5-7-15(17)10-13/h5-7,10,12,14H,3-4,8-9,11H2,1-2H3. The summed E-state index contributed by atoms with van der Waals surface area (Å²) in [7, 11) is 0. The van der Waals surface area contributed by atoms with Gasteiger partial charge >= 0.3 is 0 Å². The first-order chi connectivity index (χ1) is 8.19. The second-order valence-corrected chi connectivity index (χ2v) is 5.52. The minimum Gasteiger partial charge on any atom is -0.126 e. The zero-order valence-electron chi connectivity index (χ0n) is 10.8. The Balaban J connectivity index is 2.57. The molecule has 0 spiro atoms. The molecule has 0 N–H and O–H groups in total. The molecule has 0 nitrogen and oxygen atoms in total. The fourth-order valence-electron chi connectivity index (χ4n) is 2.29. The van der Waals surface area contributed by atoms with E-state index in [1.54, 1.807) is 0 Å². The van der Waals surface area contributed by atoms with Crippen molar-refractivity contribution in [1.29, 1.82) is 0 Å². The van der Waals surface area contributed by atoms with Gasteiger partial charge in [-0.25, -0.2) is 0 Å². The van der Waals surface area contributed by atoms with Crippen LogP contribution in [0.15, 0.2) is 24.3 Å². The van der Waals surface area contributed by atoms with E-state index >= 15 is 0 Å². The smallest absolute Gasteiger partial charge is 0.0408 e. The molecule has 0 amide bonds. The topological polar surface area (TPSA) is 0 Å². The Morgan fingerprint density at radius 3 is 2.35 bits per heavy atom. The lowest BCUT2D eigenvalue weighted by Crippen LogP contribution is -2.12. The average Bonchev–Trinajstić information content (AvgIpc) is 2.34. The first-order valence-corrected chi connectivity index (χ1v) is 7.41. The Labute approximate surface area is 115 Å². The molecule has 1 unspecified atom stereocenters. The first-order valence-electron chi connectivity index (χ1n) is 6.49. The van der Waals surface area contributed by atoms with E-state index in [9.17, 15) is 0 Å².